The maximum Gasteiger partial charge on any atom is 0.334 e. The number of hydrogen-bond acceptors (Lipinski definition) is 5. The lowest BCUT2D eigenvalue weighted by atomic mass is 9.90. The van der Waals surface area contributed by atoms with E-state index < -0.39 is 17.6 Å². The van der Waals surface area contributed by atoms with Gasteiger partial charge < -0.3 is 10.5 Å². The number of ketones is 1. The predicted molar refractivity (Wildman–Crippen MR) is 64.3 cm³/mol. The van der Waals surface area contributed by atoms with Gasteiger partial charge in [-0.05, 0) is 31.3 Å². The Morgan fingerprint density at radius 2 is 2.19 bits per heavy atom. The number of esters is 1. The van der Waals surface area contributed by atoms with Gasteiger partial charge in [-0.15, -0.1) is 0 Å². The molecule has 0 aromatic heterocycles. The summed E-state index contributed by atoms with van der Waals surface area (Å²) in [5.41, 5.74) is 4.47. The second-order valence-corrected chi connectivity index (χ2v) is 5.10. The largest absolute Gasteiger partial charge is 0.453 e. The smallest absolute Gasteiger partial charge is 0.334 e. The minimum Gasteiger partial charge on any atom is -0.453 e. The molecule has 92 valence electrons. The SMILES string of the molecule is CCCCC1OC(=O)C(N)(CCSC)C1=O. The van der Waals surface area contributed by atoms with E-state index in [4.69, 9.17) is 10.5 Å². The first kappa shape index (κ1) is 13.5. The molecule has 5 heteroatoms. The van der Waals surface area contributed by atoms with Gasteiger partial charge in [-0.3, -0.25) is 4.79 Å². The zero-order chi connectivity index (χ0) is 12.2. The lowest BCUT2D eigenvalue weighted by Gasteiger charge is -2.16. The van der Waals surface area contributed by atoms with Crippen LogP contribution >= 0.6 is 11.8 Å². The van der Waals surface area contributed by atoms with E-state index >= 15 is 0 Å². The van der Waals surface area contributed by atoms with Crippen LogP contribution in [0.25, 0.3) is 0 Å². The molecule has 1 rings (SSSR count). The van der Waals surface area contributed by atoms with E-state index in [0.29, 0.717) is 18.6 Å². The van der Waals surface area contributed by atoms with Crippen molar-refractivity contribution in [1.29, 1.82) is 0 Å². The molecule has 0 saturated carbocycles. The van der Waals surface area contributed by atoms with Crippen molar-refractivity contribution in [3.63, 3.8) is 0 Å². The lowest BCUT2D eigenvalue weighted by Crippen LogP contribution is -2.52. The van der Waals surface area contributed by atoms with E-state index in [9.17, 15) is 9.59 Å². The second kappa shape index (κ2) is 5.68. The number of ether oxygens (including phenoxy) is 1. The molecule has 0 radical (unpaired) electrons. The van der Waals surface area contributed by atoms with Gasteiger partial charge in [0.15, 0.2) is 11.6 Å². The Kier molecular flexibility index (Phi) is 4.80. The van der Waals surface area contributed by atoms with E-state index in [1.54, 1.807) is 11.8 Å². The van der Waals surface area contributed by atoms with Crippen LogP contribution in [0.3, 0.4) is 0 Å². The maximum absolute atomic E-state index is 12.0. The van der Waals surface area contributed by atoms with Crippen LogP contribution in [0.15, 0.2) is 0 Å². The van der Waals surface area contributed by atoms with Crippen molar-refractivity contribution in [2.24, 2.45) is 5.73 Å². The third-order valence-corrected chi connectivity index (χ3v) is 3.48. The van der Waals surface area contributed by atoms with E-state index in [1.807, 2.05) is 13.2 Å². The van der Waals surface area contributed by atoms with Crippen LogP contribution in [0, 0.1) is 0 Å². The van der Waals surface area contributed by atoms with Crippen LogP contribution in [0.5, 0.6) is 0 Å². The molecule has 0 spiro atoms. The molecule has 0 bridgehead atoms. The Bertz CT molecular complexity index is 282. The number of cyclic esters (lactones) is 1. The predicted octanol–water partition coefficient (Wildman–Crippen LogP) is 1.12. The van der Waals surface area contributed by atoms with Crippen LogP contribution in [-0.2, 0) is 14.3 Å². The fourth-order valence-electron chi connectivity index (χ4n) is 1.74. The molecule has 16 heavy (non-hydrogen) atoms. The number of Topliss-reactive ketones (excluding diaryl/α,β-unsaturated/α-hetero) is 1. The molecule has 0 aromatic carbocycles. The standard InChI is InChI=1S/C11H19NO3S/c1-3-4-5-8-9(13)11(12,6-7-16-2)10(14)15-8/h8H,3-7,12H2,1-2H3. The number of rotatable bonds is 6. The number of hydrogen-bond donors (Lipinski definition) is 1. The van der Waals surface area contributed by atoms with Crippen LogP contribution in [0.4, 0.5) is 0 Å². The summed E-state index contributed by atoms with van der Waals surface area (Å²) in [4.78, 5) is 23.6. The van der Waals surface area contributed by atoms with Gasteiger partial charge in [0.1, 0.15) is 0 Å². The van der Waals surface area contributed by atoms with Crippen molar-refractivity contribution in [2.45, 2.75) is 44.2 Å². The first-order valence-corrected chi connectivity index (χ1v) is 6.99. The van der Waals surface area contributed by atoms with Crippen molar-refractivity contribution < 1.29 is 14.3 Å². The molecular weight excluding hydrogens is 226 g/mol. The van der Waals surface area contributed by atoms with Gasteiger partial charge in [-0.2, -0.15) is 11.8 Å². The average Bonchev–Trinajstić information content (AvgIpc) is 2.49. The minimum atomic E-state index is -1.39. The van der Waals surface area contributed by atoms with Gasteiger partial charge in [0.25, 0.3) is 0 Å². The van der Waals surface area contributed by atoms with Crippen molar-refractivity contribution in [2.75, 3.05) is 12.0 Å². The van der Waals surface area contributed by atoms with Gasteiger partial charge in [0.05, 0.1) is 0 Å². The van der Waals surface area contributed by atoms with Gasteiger partial charge in [-0.25, -0.2) is 4.79 Å². The Balaban J connectivity index is 2.65. The molecule has 1 aliphatic rings. The molecule has 0 aliphatic carbocycles. The summed E-state index contributed by atoms with van der Waals surface area (Å²) < 4.78 is 5.07. The van der Waals surface area contributed by atoms with Crippen LogP contribution < -0.4 is 5.73 Å². The topological polar surface area (TPSA) is 69.4 Å². The number of thioether (sulfide) groups is 1. The first-order valence-electron chi connectivity index (χ1n) is 5.59. The number of unbranched alkanes of at least 4 members (excludes halogenated alkanes) is 1. The highest BCUT2D eigenvalue weighted by Gasteiger charge is 2.53. The lowest BCUT2D eigenvalue weighted by molar-refractivity contribution is -0.145. The number of nitrogens with two attached hydrogens (primary N) is 1. The Labute approximate surface area is 100 Å². The quantitative estimate of drug-likeness (QED) is 0.561. The van der Waals surface area contributed by atoms with E-state index in [0.717, 1.165) is 12.8 Å². The van der Waals surface area contributed by atoms with Crippen LogP contribution in [-0.4, -0.2) is 35.4 Å². The molecule has 2 unspecified atom stereocenters. The number of carbonyl (C=O) groups excluding carboxylic acids is 2. The fourth-order valence-corrected chi connectivity index (χ4v) is 2.27. The summed E-state index contributed by atoms with van der Waals surface area (Å²) in [5, 5.41) is 0. The Morgan fingerprint density at radius 1 is 1.50 bits per heavy atom. The number of carbonyl (C=O) groups is 2. The minimum absolute atomic E-state index is 0.236. The summed E-state index contributed by atoms with van der Waals surface area (Å²) in [6.45, 7) is 2.03. The summed E-state index contributed by atoms with van der Waals surface area (Å²) >= 11 is 1.57. The Morgan fingerprint density at radius 3 is 2.75 bits per heavy atom. The molecule has 0 amide bonds. The summed E-state index contributed by atoms with van der Waals surface area (Å²) in [5.74, 6) is -0.0923. The third-order valence-electron chi connectivity index (χ3n) is 2.87. The third kappa shape index (κ3) is 2.58. The average molecular weight is 245 g/mol. The van der Waals surface area contributed by atoms with E-state index in [1.165, 1.54) is 0 Å². The van der Waals surface area contributed by atoms with Crippen molar-refractivity contribution >= 4 is 23.5 Å². The maximum atomic E-state index is 12.0. The van der Waals surface area contributed by atoms with Crippen LogP contribution in [0.2, 0.25) is 0 Å². The summed E-state index contributed by atoms with van der Waals surface area (Å²) in [6.07, 6.45) is 4.13. The first-order chi connectivity index (χ1) is 7.56. The highest BCUT2D eigenvalue weighted by Crippen LogP contribution is 2.26. The summed E-state index contributed by atoms with van der Waals surface area (Å²) in [7, 11) is 0. The molecule has 4 nitrogen and oxygen atoms in total. The van der Waals surface area contributed by atoms with E-state index in [-0.39, 0.29) is 5.78 Å². The fraction of sp³-hybridized carbons (Fsp3) is 0.818. The second-order valence-electron chi connectivity index (χ2n) is 4.11. The molecule has 1 aliphatic heterocycles. The zero-order valence-electron chi connectivity index (χ0n) is 9.82. The molecular formula is C11H19NO3S. The monoisotopic (exact) mass is 245 g/mol. The normalized spacial score (nSPS) is 29.6. The summed E-state index contributed by atoms with van der Waals surface area (Å²) in [6, 6.07) is 0. The van der Waals surface area contributed by atoms with Gasteiger partial charge in [0.2, 0.25) is 5.78 Å². The van der Waals surface area contributed by atoms with Gasteiger partial charge in [-0.1, -0.05) is 13.3 Å². The van der Waals surface area contributed by atoms with Crippen molar-refractivity contribution in [3.8, 4) is 0 Å². The molecule has 1 fully saturated rings. The van der Waals surface area contributed by atoms with Crippen molar-refractivity contribution in [1.82, 2.24) is 0 Å². The van der Waals surface area contributed by atoms with E-state index in [2.05, 4.69) is 0 Å². The molecule has 0 aromatic rings. The zero-order valence-corrected chi connectivity index (χ0v) is 10.6. The van der Waals surface area contributed by atoms with Gasteiger partial charge in [0, 0.05) is 0 Å². The van der Waals surface area contributed by atoms with Gasteiger partial charge >= 0.3 is 5.97 Å². The highest BCUT2D eigenvalue weighted by atomic mass is 32.2. The molecule has 1 saturated heterocycles. The molecule has 2 atom stereocenters. The molecule has 2 N–H and O–H groups in total. The Hall–Kier alpha value is -0.550. The van der Waals surface area contributed by atoms with Crippen molar-refractivity contribution in [3.05, 3.63) is 0 Å². The highest BCUT2D eigenvalue weighted by molar-refractivity contribution is 7.98. The van der Waals surface area contributed by atoms with Crippen LogP contribution in [0.1, 0.15) is 32.6 Å². The molecule has 1 heterocycles.